The molecule has 0 unspecified atom stereocenters. The number of carboxylic acid groups (broad SMARTS) is 1. The number of aromatic carboxylic acids is 1. The molecule has 5 aromatic rings. The van der Waals surface area contributed by atoms with Crippen molar-refractivity contribution >= 4 is 38.7 Å². The Balaban J connectivity index is 2.00. The minimum atomic E-state index is -1.04. The molecule has 1 heterocycles. The Morgan fingerprint density at radius 1 is 0.969 bits per heavy atom. The normalized spacial score (nSPS) is 11.4. The summed E-state index contributed by atoms with van der Waals surface area (Å²) in [5.41, 5.74) is 2.60. The minimum Gasteiger partial charge on any atom is -0.478 e. The summed E-state index contributed by atoms with van der Waals surface area (Å²) in [6, 6.07) is 18.5. The monoisotopic (exact) mass is 427 g/mol. The number of benzene rings is 4. The SMILES string of the molecule is CNCc1ccc2c(-c3ccccc3C(=O)O)c3ccc4c(F)c(=O)ccc4c3oc2c1. The molecule has 0 fully saturated rings. The molecular weight excluding hydrogens is 409 g/mol. The molecule has 5 rings (SSSR count). The van der Waals surface area contributed by atoms with Crippen LogP contribution >= 0.6 is 0 Å². The van der Waals surface area contributed by atoms with E-state index in [1.54, 1.807) is 36.4 Å². The number of hydrogen-bond donors (Lipinski definition) is 2. The summed E-state index contributed by atoms with van der Waals surface area (Å²) >= 11 is 0. The zero-order valence-corrected chi connectivity index (χ0v) is 17.1. The zero-order valence-electron chi connectivity index (χ0n) is 17.1. The quantitative estimate of drug-likeness (QED) is 0.300. The van der Waals surface area contributed by atoms with E-state index in [1.807, 2.05) is 25.2 Å². The second-order valence-corrected chi connectivity index (χ2v) is 7.60. The molecule has 4 aromatic carbocycles. The van der Waals surface area contributed by atoms with Crippen LogP contribution in [0.1, 0.15) is 15.9 Å². The average molecular weight is 427 g/mol. The molecule has 0 spiro atoms. The number of rotatable bonds is 4. The molecule has 32 heavy (non-hydrogen) atoms. The molecule has 2 N–H and O–H groups in total. The molecule has 0 aliphatic carbocycles. The summed E-state index contributed by atoms with van der Waals surface area (Å²) in [6.07, 6.45) is 0. The fourth-order valence-corrected chi connectivity index (χ4v) is 4.23. The van der Waals surface area contributed by atoms with Crippen molar-refractivity contribution in [3.8, 4) is 11.1 Å². The summed E-state index contributed by atoms with van der Waals surface area (Å²) in [6.45, 7) is 0.619. The summed E-state index contributed by atoms with van der Waals surface area (Å²) < 4.78 is 20.8. The van der Waals surface area contributed by atoms with Crippen molar-refractivity contribution in [1.29, 1.82) is 0 Å². The third kappa shape index (κ3) is 3.04. The van der Waals surface area contributed by atoms with Crippen LogP contribution in [0.3, 0.4) is 0 Å². The molecule has 0 saturated heterocycles. The van der Waals surface area contributed by atoms with E-state index >= 15 is 0 Å². The Bertz CT molecular complexity index is 1600. The second kappa shape index (κ2) is 7.59. The van der Waals surface area contributed by atoms with E-state index in [1.165, 1.54) is 12.1 Å². The van der Waals surface area contributed by atoms with Gasteiger partial charge in [0.25, 0.3) is 0 Å². The highest BCUT2D eigenvalue weighted by Gasteiger charge is 2.20. The first-order valence-electron chi connectivity index (χ1n) is 10.1. The highest BCUT2D eigenvalue weighted by molar-refractivity contribution is 6.17. The maximum Gasteiger partial charge on any atom is 0.336 e. The molecule has 6 heteroatoms. The van der Waals surface area contributed by atoms with Gasteiger partial charge in [-0.3, -0.25) is 4.79 Å². The number of halogens is 1. The lowest BCUT2D eigenvalue weighted by atomic mass is 9.92. The van der Waals surface area contributed by atoms with Crippen molar-refractivity contribution in [3.63, 3.8) is 0 Å². The van der Waals surface area contributed by atoms with Crippen LogP contribution in [0.5, 0.6) is 0 Å². The maximum absolute atomic E-state index is 14.6. The van der Waals surface area contributed by atoms with E-state index in [4.69, 9.17) is 4.42 Å². The summed E-state index contributed by atoms with van der Waals surface area (Å²) in [7, 11) is 1.84. The average Bonchev–Trinajstić information content (AvgIpc) is 2.80. The Hall–Kier alpha value is -4.03. The van der Waals surface area contributed by atoms with Gasteiger partial charge in [0.15, 0.2) is 5.82 Å². The van der Waals surface area contributed by atoms with Gasteiger partial charge in [0, 0.05) is 33.7 Å². The number of nitrogens with one attached hydrogen (secondary N) is 1. The standard InChI is InChI=1S/C26H18FNO4/c1-28-13-14-6-7-19-22(12-14)32-25-17-10-11-21(29)24(27)16(17)8-9-20(25)23(19)15-4-2-3-5-18(15)26(30)31/h2-12,28H,13H2,1H3,(H,30,31). The lowest BCUT2D eigenvalue weighted by molar-refractivity contribution is 0.0697. The summed E-state index contributed by atoms with van der Waals surface area (Å²) in [5.74, 6) is -1.88. The third-order valence-electron chi connectivity index (χ3n) is 5.65. The third-order valence-corrected chi connectivity index (χ3v) is 5.65. The van der Waals surface area contributed by atoms with Crippen LogP contribution in [0.2, 0.25) is 0 Å². The maximum atomic E-state index is 14.6. The van der Waals surface area contributed by atoms with Crippen molar-refractivity contribution in [2.75, 3.05) is 7.05 Å². The lowest BCUT2D eigenvalue weighted by Crippen LogP contribution is -2.05. The predicted octanol–water partition coefficient (Wildman–Crippen LogP) is 5.32. The predicted molar refractivity (Wildman–Crippen MR) is 123 cm³/mol. The van der Waals surface area contributed by atoms with E-state index in [0.29, 0.717) is 39.6 Å². The zero-order chi connectivity index (χ0) is 22.4. The molecule has 0 amide bonds. The minimum absolute atomic E-state index is 0.154. The van der Waals surface area contributed by atoms with Gasteiger partial charge >= 0.3 is 5.97 Å². The number of carboxylic acids is 1. The fraction of sp³-hybridized carbons (Fsp3) is 0.0769. The molecule has 5 nitrogen and oxygen atoms in total. The van der Waals surface area contributed by atoms with Gasteiger partial charge in [0.1, 0.15) is 11.2 Å². The van der Waals surface area contributed by atoms with E-state index in [9.17, 15) is 19.1 Å². The first kappa shape index (κ1) is 19.9. The van der Waals surface area contributed by atoms with E-state index in [0.717, 1.165) is 10.9 Å². The lowest BCUT2D eigenvalue weighted by Gasteiger charge is -2.15. The van der Waals surface area contributed by atoms with Gasteiger partial charge in [0.05, 0.1) is 5.56 Å². The first-order chi connectivity index (χ1) is 15.5. The van der Waals surface area contributed by atoms with Crippen molar-refractivity contribution in [2.24, 2.45) is 0 Å². The van der Waals surface area contributed by atoms with Crippen molar-refractivity contribution in [3.05, 3.63) is 93.9 Å². The largest absolute Gasteiger partial charge is 0.478 e. The van der Waals surface area contributed by atoms with Crippen LogP contribution in [0, 0.1) is 5.82 Å². The van der Waals surface area contributed by atoms with Gasteiger partial charge in [-0.2, -0.15) is 0 Å². The van der Waals surface area contributed by atoms with Gasteiger partial charge < -0.3 is 14.8 Å². The number of fused-ring (bicyclic) bond motifs is 4. The van der Waals surface area contributed by atoms with Crippen LogP contribution in [-0.4, -0.2) is 18.1 Å². The molecule has 0 atom stereocenters. The first-order valence-corrected chi connectivity index (χ1v) is 10.1. The highest BCUT2D eigenvalue weighted by Crippen LogP contribution is 2.40. The number of hydrogen-bond acceptors (Lipinski definition) is 4. The summed E-state index contributed by atoms with van der Waals surface area (Å²) in [4.78, 5) is 23.8. The molecule has 0 saturated carbocycles. The van der Waals surface area contributed by atoms with Crippen LogP contribution in [-0.2, 0) is 6.54 Å². The van der Waals surface area contributed by atoms with Crippen LogP contribution < -0.4 is 10.7 Å². The van der Waals surface area contributed by atoms with Crippen LogP contribution in [0.15, 0.2) is 75.9 Å². The van der Waals surface area contributed by atoms with Gasteiger partial charge in [-0.15, -0.1) is 0 Å². The van der Waals surface area contributed by atoms with Gasteiger partial charge in [-0.1, -0.05) is 36.4 Å². The van der Waals surface area contributed by atoms with Crippen molar-refractivity contribution in [1.82, 2.24) is 5.32 Å². The van der Waals surface area contributed by atoms with Crippen LogP contribution in [0.25, 0.3) is 43.8 Å². The topological polar surface area (TPSA) is 79.5 Å². The Kier molecular flexibility index (Phi) is 4.72. The molecular formula is C26H18FNO4. The fourth-order valence-electron chi connectivity index (χ4n) is 4.23. The molecule has 158 valence electrons. The smallest absolute Gasteiger partial charge is 0.336 e. The Labute approximate surface area is 181 Å². The Morgan fingerprint density at radius 2 is 1.69 bits per heavy atom. The molecule has 0 radical (unpaired) electrons. The molecule has 0 aliphatic rings. The molecule has 0 bridgehead atoms. The van der Waals surface area contributed by atoms with E-state index in [2.05, 4.69) is 5.32 Å². The van der Waals surface area contributed by atoms with Gasteiger partial charge in [-0.05, 0) is 48.5 Å². The highest BCUT2D eigenvalue weighted by atomic mass is 19.1. The second-order valence-electron chi connectivity index (χ2n) is 7.60. The van der Waals surface area contributed by atoms with Gasteiger partial charge in [0.2, 0.25) is 5.43 Å². The molecule has 1 aromatic heterocycles. The molecule has 0 aliphatic heterocycles. The van der Waals surface area contributed by atoms with Crippen molar-refractivity contribution in [2.45, 2.75) is 6.54 Å². The Morgan fingerprint density at radius 3 is 2.47 bits per heavy atom. The van der Waals surface area contributed by atoms with Crippen LogP contribution in [0.4, 0.5) is 4.39 Å². The van der Waals surface area contributed by atoms with Gasteiger partial charge in [-0.25, -0.2) is 9.18 Å². The van der Waals surface area contributed by atoms with E-state index in [-0.39, 0.29) is 10.9 Å². The number of carbonyl (C=O) groups is 1. The van der Waals surface area contributed by atoms with E-state index < -0.39 is 17.2 Å². The summed E-state index contributed by atoms with van der Waals surface area (Å²) in [5, 5.41) is 14.9. The van der Waals surface area contributed by atoms with Crippen molar-refractivity contribution < 1.29 is 18.7 Å².